The summed E-state index contributed by atoms with van der Waals surface area (Å²) in [6, 6.07) is 2.75. The van der Waals surface area contributed by atoms with Gasteiger partial charge in [0.2, 0.25) is 0 Å². The molecule has 90 valence electrons. The molecule has 2 heterocycles. The SMILES string of the molecule is O=C1c2c(O)cc(O)cc2CN2CCCCC12. The molecule has 1 atom stereocenters. The normalized spacial score (nSPS) is 24.2. The molecule has 0 radical (unpaired) electrons. The Hall–Kier alpha value is -1.55. The molecular weight excluding hydrogens is 218 g/mol. The van der Waals surface area contributed by atoms with Gasteiger partial charge in [-0.2, -0.15) is 0 Å². The molecule has 4 nitrogen and oxygen atoms in total. The van der Waals surface area contributed by atoms with Crippen LogP contribution in [0.3, 0.4) is 0 Å². The molecule has 4 heteroatoms. The van der Waals surface area contributed by atoms with E-state index in [1.807, 2.05) is 0 Å². The van der Waals surface area contributed by atoms with Crippen LogP contribution in [0, 0.1) is 0 Å². The van der Waals surface area contributed by atoms with Crippen molar-refractivity contribution >= 4 is 5.78 Å². The van der Waals surface area contributed by atoms with Gasteiger partial charge in [0.15, 0.2) is 5.78 Å². The monoisotopic (exact) mass is 233 g/mol. The van der Waals surface area contributed by atoms with E-state index in [9.17, 15) is 15.0 Å². The van der Waals surface area contributed by atoms with Gasteiger partial charge in [-0.1, -0.05) is 6.42 Å². The molecule has 2 aliphatic rings. The number of hydrogen-bond acceptors (Lipinski definition) is 4. The van der Waals surface area contributed by atoms with E-state index in [0.29, 0.717) is 12.1 Å². The van der Waals surface area contributed by atoms with E-state index >= 15 is 0 Å². The average molecular weight is 233 g/mol. The molecule has 17 heavy (non-hydrogen) atoms. The fraction of sp³-hybridized carbons (Fsp3) is 0.462. The lowest BCUT2D eigenvalue weighted by Crippen LogP contribution is -2.47. The van der Waals surface area contributed by atoms with Crippen molar-refractivity contribution in [1.29, 1.82) is 0 Å². The predicted octanol–water partition coefficient (Wildman–Crippen LogP) is 1.65. The van der Waals surface area contributed by atoms with Gasteiger partial charge in [0.1, 0.15) is 11.5 Å². The van der Waals surface area contributed by atoms with Crippen molar-refractivity contribution in [3.63, 3.8) is 0 Å². The number of piperidine rings is 1. The molecule has 1 unspecified atom stereocenters. The topological polar surface area (TPSA) is 60.8 Å². The smallest absolute Gasteiger partial charge is 0.184 e. The van der Waals surface area contributed by atoms with Crippen LogP contribution in [0.2, 0.25) is 0 Å². The first-order chi connectivity index (χ1) is 8.16. The standard InChI is InChI=1S/C13H15NO3/c15-9-5-8-7-14-4-2-1-3-10(14)13(17)12(8)11(16)6-9/h5-6,10,15-16H,1-4,7H2. The summed E-state index contributed by atoms with van der Waals surface area (Å²) < 4.78 is 0. The molecule has 2 N–H and O–H groups in total. The number of rotatable bonds is 0. The van der Waals surface area contributed by atoms with Crippen molar-refractivity contribution in [2.24, 2.45) is 0 Å². The van der Waals surface area contributed by atoms with Crippen LogP contribution >= 0.6 is 0 Å². The molecular formula is C13H15NO3. The van der Waals surface area contributed by atoms with Crippen LogP contribution in [0.4, 0.5) is 0 Å². The van der Waals surface area contributed by atoms with Crippen molar-refractivity contribution in [1.82, 2.24) is 4.90 Å². The average Bonchev–Trinajstić information content (AvgIpc) is 2.28. The van der Waals surface area contributed by atoms with Gasteiger partial charge in [-0.3, -0.25) is 9.69 Å². The Morgan fingerprint density at radius 1 is 1.24 bits per heavy atom. The summed E-state index contributed by atoms with van der Waals surface area (Å²) in [4.78, 5) is 14.4. The van der Waals surface area contributed by atoms with Crippen LogP contribution in [-0.4, -0.2) is 33.5 Å². The summed E-state index contributed by atoms with van der Waals surface area (Å²) >= 11 is 0. The quantitative estimate of drug-likeness (QED) is 0.715. The highest BCUT2D eigenvalue weighted by Crippen LogP contribution is 2.36. The number of fused-ring (bicyclic) bond motifs is 2. The number of Topliss-reactive ketones (excluding diaryl/α,β-unsaturated/α-hetero) is 1. The Bertz CT molecular complexity index is 484. The summed E-state index contributed by atoms with van der Waals surface area (Å²) in [5, 5.41) is 19.3. The molecule has 0 aliphatic carbocycles. The molecule has 3 rings (SSSR count). The van der Waals surface area contributed by atoms with E-state index in [4.69, 9.17) is 0 Å². The Morgan fingerprint density at radius 2 is 2.06 bits per heavy atom. The Kier molecular flexibility index (Phi) is 2.33. The lowest BCUT2D eigenvalue weighted by Gasteiger charge is -2.38. The summed E-state index contributed by atoms with van der Waals surface area (Å²) in [5.41, 5.74) is 1.15. The lowest BCUT2D eigenvalue weighted by atomic mass is 9.87. The van der Waals surface area contributed by atoms with E-state index in [0.717, 1.165) is 31.4 Å². The molecule has 1 aromatic carbocycles. The Morgan fingerprint density at radius 3 is 2.88 bits per heavy atom. The van der Waals surface area contributed by atoms with Crippen molar-refractivity contribution in [3.05, 3.63) is 23.3 Å². The maximum Gasteiger partial charge on any atom is 0.184 e. The first kappa shape index (κ1) is 10.6. The number of carbonyl (C=O) groups is 1. The van der Waals surface area contributed by atoms with Crippen LogP contribution < -0.4 is 0 Å². The number of nitrogens with zero attached hydrogens (tertiary/aromatic N) is 1. The molecule has 1 aromatic rings. The lowest BCUT2D eigenvalue weighted by molar-refractivity contribution is 0.0681. The van der Waals surface area contributed by atoms with Gasteiger partial charge < -0.3 is 10.2 Å². The van der Waals surface area contributed by atoms with Crippen LogP contribution in [0.5, 0.6) is 11.5 Å². The molecule has 0 bridgehead atoms. The molecule has 0 saturated carbocycles. The largest absolute Gasteiger partial charge is 0.508 e. The van der Waals surface area contributed by atoms with Gasteiger partial charge in [-0.15, -0.1) is 0 Å². The van der Waals surface area contributed by atoms with E-state index in [2.05, 4.69) is 4.90 Å². The van der Waals surface area contributed by atoms with Crippen LogP contribution in [0.1, 0.15) is 35.2 Å². The molecule has 0 aromatic heterocycles. The number of phenols is 2. The van der Waals surface area contributed by atoms with Gasteiger partial charge in [-0.25, -0.2) is 0 Å². The van der Waals surface area contributed by atoms with Gasteiger partial charge in [-0.05, 0) is 31.0 Å². The molecule has 1 fully saturated rings. The number of ketones is 1. The summed E-state index contributed by atoms with van der Waals surface area (Å²) in [7, 11) is 0. The maximum absolute atomic E-state index is 12.3. The van der Waals surface area contributed by atoms with Crippen LogP contribution in [-0.2, 0) is 6.54 Å². The zero-order chi connectivity index (χ0) is 12.0. The number of benzene rings is 1. The summed E-state index contributed by atoms with van der Waals surface area (Å²) in [5.74, 6) is -0.0665. The second-order valence-corrected chi connectivity index (χ2v) is 4.85. The summed E-state index contributed by atoms with van der Waals surface area (Å²) in [6.45, 7) is 1.57. The third-order valence-corrected chi connectivity index (χ3v) is 3.72. The highest BCUT2D eigenvalue weighted by molar-refractivity contribution is 6.04. The Balaban J connectivity index is 2.09. The van der Waals surface area contributed by atoms with E-state index < -0.39 is 0 Å². The zero-order valence-electron chi connectivity index (χ0n) is 9.52. The minimum atomic E-state index is -0.0878. The van der Waals surface area contributed by atoms with Gasteiger partial charge in [0, 0.05) is 12.6 Å². The van der Waals surface area contributed by atoms with Crippen molar-refractivity contribution in [2.45, 2.75) is 31.8 Å². The number of hydrogen-bond donors (Lipinski definition) is 2. The van der Waals surface area contributed by atoms with Crippen LogP contribution in [0.15, 0.2) is 12.1 Å². The highest BCUT2D eigenvalue weighted by Gasteiger charge is 2.36. The fourth-order valence-corrected chi connectivity index (χ4v) is 2.94. The van der Waals surface area contributed by atoms with Gasteiger partial charge >= 0.3 is 0 Å². The molecule has 0 spiro atoms. The van der Waals surface area contributed by atoms with E-state index in [1.54, 1.807) is 6.07 Å². The minimum absolute atomic E-state index is 0.00319. The Labute approximate surface area is 99.5 Å². The molecule has 0 amide bonds. The third kappa shape index (κ3) is 1.60. The fourth-order valence-electron chi connectivity index (χ4n) is 2.94. The second kappa shape index (κ2) is 3.74. The first-order valence-electron chi connectivity index (χ1n) is 6.00. The first-order valence-corrected chi connectivity index (χ1v) is 6.00. The van der Waals surface area contributed by atoms with Gasteiger partial charge in [0.05, 0.1) is 11.6 Å². The van der Waals surface area contributed by atoms with E-state index in [1.165, 1.54) is 6.07 Å². The third-order valence-electron chi connectivity index (χ3n) is 3.72. The van der Waals surface area contributed by atoms with Crippen molar-refractivity contribution in [2.75, 3.05) is 6.54 Å². The second-order valence-electron chi connectivity index (χ2n) is 4.85. The molecule has 2 aliphatic heterocycles. The number of phenolic OH excluding ortho intramolecular Hbond substituents is 2. The van der Waals surface area contributed by atoms with E-state index in [-0.39, 0.29) is 23.3 Å². The molecule has 1 saturated heterocycles. The van der Waals surface area contributed by atoms with Crippen molar-refractivity contribution < 1.29 is 15.0 Å². The van der Waals surface area contributed by atoms with Gasteiger partial charge in [0.25, 0.3) is 0 Å². The maximum atomic E-state index is 12.3. The van der Waals surface area contributed by atoms with Crippen molar-refractivity contribution in [3.8, 4) is 11.5 Å². The summed E-state index contributed by atoms with van der Waals surface area (Å²) in [6.07, 6.45) is 3.06. The minimum Gasteiger partial charge on any atom is -0.508 e. The zero-order valence-corrected chi connectivity index (χ0v) is 9.52. The highest BCUT2D eigenvalue weighted by atomic mass is 16.3. The van der Waals surface area contributed by atoms with Crippen LogP contribution in [0.25, 0.3) is 0 Å². The number of carbonyl (C=O) groups excluding carboxylic acids is 1. The number of aromatic hydroxyl groups is 2. The predicted molar refractivity (Wildman–Crippen MR) is 62.2 cm³/mol.